The number of thioether (sulfide) groups is 1. The van der Waals surface area contributed by atoms with Crippen molar-refractivity contribution in [1.82, 2.24) is 9.97 Å². The summed E-state index contributed by atoms with van der Waals surface area (Å²) in [5.41, 5.74) is 7.00. The Morgan fingerprint density at radius 1 is 1.48 bits per heavy atom. The molecular formula is C17H18BrN5OS. The molecule has 0 aliphatic heterocycles. The van der Waals surface area contributed by atoms with Crippen molar-refractivity contribution in [3.05, 3.63) is 39.9 Å². The van der Waals surface area contributed by atoms with Gasteiger partial charge >= 0.3 is 0 Å². The van der Waals surface area contributed by atoms with Gasteiger partial charge in [-0.2, -0.15) is 10.2 Å². The molecule has 0 aliphatic carbocycles. The first-order valence-corrected chi connectivity index (χ1v) is 9.50. The van der Waals surface area contributed by atoms with E-state index in [1.54, 1.807) is 18.9 Å². The number of nitrogen functional groups attached to an aromatic ring is 1. The third kappa shape index (κ3) is 4.50. The molecule has 2 rings (SSSR count). The molecule has 0 fully saturated rings. The van der Waals surface area contributed by atoms with E-state index in [-0.39, 0.29) is 11.7 Å². The minimum absolute atomic E-state index is 0.0207. The Balaban J connectivity index is 2.28. The zero-order valence-corrected chi connectivity index (χ0v) is 16.6. The first-order chi connectivity index (χ1) is 11.9. The second-order valence-corrected chi connectivity index (χ2v) is 7.17. The normalized spacial score (nSPS) is 11.6. The van der Waals surface area contributed by atoms with Gasteiger partial charge in [0, 0.05) is 17.9 Å². The molecule has 0 bridgehead atoms. The van der Waals surface area contributed by atoms with Gasteiger partial charge in [-0.25, -0.2) is 4.98 Å². The van der Waals surface area contributed by atoms with E-state index in [4.69, 9.17) is 5.73 Å². The van der Waals surface area contributed by atoms with Gasteiger partial charge in [0.1, 0.15) is 16.7 Å². The summed E-state index contributed by atoms with van der Waals surface area (Å²) in [6.45, 7) is 1.79. The molecule has 0 spiro atoms. The Labute approximate surface area is 159 Å². The van der Waals surface area contributed by atoms with Crippen LogP contribution in [-0.2, 0) is 11.2 Å². The molecule has 130 valence electrons. The first kappa shape index (κ1) is 19.2. The van der Waals surface area contributed by atoms with Crippen molar-refractivity contribution >= 4 is 45.2 Å². The number of aromatic nitrogens is 2. The van der Waals surface area contributed by atoms with E-state index in [2.05, 4.69) is 32.0 Å². The molecule has 0 saturated heterocycles. The highest BCUT2D eigenvalue weighted by molar-refractivity contribution is 9.10. The van der Waals surface area contributed by atoms with E-state index in [9.17, 15) is 10.1 Å². The molecule has 1 aromatic carbocycles. The Bertz CT molecular complexity index is 836. The van der Waals surface area contributed by atoms with Crippen LogP contribution in [0.4, 0.5) is 11.8 Å². The summed E-state index contributed by atoms with van der Waals surface area (Å²) in [4.78, 5) is 22.6. The van der Waals surface area contributed by atoms with Gasteiger partial charge in [-0.15, -0.1) is 11.8 Å². The van der Waals surface area contributed by atoms with E-state index >= 15 is 0 Å². The molecule has 0 unspecified atom stereocenters. The van der Waals surface area contributed by atoms with Gasteiger partial charge in [0.15, 0.2) is 11.6 Å². The van der Waals surface area contributed by atoms with Crippen LogP contribution in [0.25, 0.3) is 0 Å². The second kappa shape index (κ2) is 8.32. The van der Waals surface area contributed by atoms with Gasteiger partial charge in [0.25, 0.3) is 0 Å². The zero-order valence-electron chi connectivity index (χ0n) is 14.2. The average molecular weight is 420 g/mol. The molecule has 2 N–H and O–H groups in total. The van der Waals surface area contributed by atoms with Crippen molar-refractivity contribution in [3.63, 3.8) is 0 Å². The molecule has 0 radical (unpaired) electrons. The number of hydrogen-bond donors (Lipinski definition) is 1. The van der Waals surface area contributed by atoms with Crippen LogP contribution in [0.5, 0.6) is 0 Å². The van der Waals surface area contributed by atoms with E-state index < -0.39 is 6.04 Å². The van der Waals surface area contributed by atoms with Crippen molar-refractivity contribution in [2.75, 3.05) is 23.9 Å². The lowest BCUT2D eigenvalue weighted by atomic mass is 10.0. The number of ketones is 1. The number of nitrogens with two attached hydrogens (primary N) is 1. The fraction of sp³-hybridized carbons (Fsp3) is 0.294. The summed E-state index contributed by atoms with van der Waals surface area (Å²) in [7, 11) is 1.73. The molecule has 1 aromatic heterocycles. The Morgan fingerprint density at radius 2 is 2.20 bits per heavy atom. The molecule has 0 saturated carbocycles. The van der Waals surface area contributed by atoms with Crippen molar-refractivity contribution in [3.8, 4) is 6.07 Å². The molecular weight excluding hydrogens is 402 g/mol. The number of anilines is 2. The topological polar surface area (TPSA) is 95.9 Å². The quantitative estimate of drug-likeness (QED) is 0.567. The third-order valence-corrected chi connectivity index (χ3v) is 5.00. The van der Waals surface area contributed by atoms with Gasteiger partial charge in [-0.1, -0.05) is 28.1 Å². The highest BCUT2D eigenvalue weighted by Crippen LogP contribution is 2.27. The smallest absolute Gasteiger partial charge is 0.223 e. The average Bonchev–Trinajstić information content (AvgIpc) is 2.59. The number of carbonyl (C=O) groups excluding carboxylic acids is 1. The number of halogens is 1. The van der Waals surface area contributed by atoms with Crippen molar-refractivity contribution in [1.29, 1.82) is 5.26 Å². The summed E-state index contributed by atoms with van der Waals surface area (Å²) >= 11 is 4.73. The highest BCUT2D eigenvalue weighted by Gasteiger charge is 2.24. The summed E-state index contributed by atoms with van der Waals surface area (Å²) in [6, 6.07) is 9.28. The monoisotopic (exact) mass is 419 g/mol. The lowest BCUT2D eigenvalue weighted by Crippen LogP contribution is -2.38. The van der Waals surface area contributed by atoms with Crippen LogP contribution in [0.15, 0.2) is 33.8 Å². The molecule has 1 atom stereocenters. The van der Waals surface area contributed by atoms with Gasteiger partial charge in [-0.05, 0) is 30.9 Å². The van der Waals surface area contributed by atoms with Crippen molar-refractivity contribution in [2.45, 2.75) is 24.4 Å². The highest BCUT2D eigenvalue weighted by atomic mass is 79.9. The molecule has 2 aromatic rings. The number of Topliss-reactive ketones (excluding diaryl/α,β-unsaturated/α-hetero) is 1. The van der Waals surface area contributed by atoms with Gasteiger partial charge < -0.3 is 10.6 Å². The summed E-state index contributed by atoms with van der Waals surface area (Å²) < 4.78 is 0.929. The van der Waals surface area contributed by atoms with Crippen LogP contribution in [-0.4, -0.2) is 35.1 Å². The van der Waals surface area contributed by atoms with Crippen molar-refractivity contribution in [2.24, 2.45) is 0 Å². The first-order valence-electron chi connectivity index (χ1n) is 7.49. The van der Waals surface area contributed by atoms with Gasteiger partial charge in [-0.3, -0.25) is 4.79 Å². The van der Waals surface area contributed by atoms with Crippen LogP contribution < -0.4 is 10.6 Å². The molecule has 8 heteroatoms. The summed E-state index contributed by atoms with van der Waals surface area (Å²) in [6.07, 6.45) is 2.11. The van der Waals surface area contributed by atoms with E-state index in [0.29, 0.717) is 22.8 Å². The maximum absolute atomic E-state index is 12.7. The number of likely N-dealkylation sites (N-methyl/N-ethyl adjacent to an activating group) is 1. The Hall–Kier alpha value is -2.11. The number of rotatable bonds is 6. The SMILES string of the molecule is CSc1nc(N)nc(N(C)[C@@H](C)C(=O)Cc2cccc(Br)c2)c1C#N. The minimum atomic E-state index is -0.463. The van der Waals surface area contributed by atoms with Crippen LogP contribution >= 0.6 is 27.7 Å². The number of carbonyl (C=O) groups is 1. The predicted octanol–water partition coefficient (Wildman–Crippen LogP) is 3.05. The molecule has 25 heavy (non-hydrogen) atoms. The van der Waals surface area contributed by atoms with Crippen LogP contribution in [0.3, 0.4) is 0 Å². The standard InChI is InChI=1S/C17H18BrN5OS/c1-10(14(24)8-11-5-4-6-12(18)7-11)23(2)15-13(9-19)16(25-3)22-17(20)21-15/h4-7,10H,8H2,1-3H3,(H2,20,21,22)/t10-/m0/s1. The number of benzene rings is 1. The molecule has 1 heterocycles. The van der Waals surface area contributed by atoms with Crippen LogP contribution in [0.1, 0.15) is 18.1 Å². The van der Waals surface area contributed by atoms with E-state index in [1.807, 2.05) is 30.5 Å². The van der Waals surface area contributed by atoms with Crippen LogP contribution in [0.2, 0.25) is 0 Å². The van der Waals surface area contributed by atoms with E-state index in [0.717, 1.165) is 10.0 Å². The molecule has 0 amide bonds. The maximum Gasteiger partial charge on any atom is 0.223 e. The number of nitriles is 1. The predicted molar refractivity (Wildman–Crippen MR) is 104 cm³/mol. The fourth-order valence-electron chi connectivity index (χ4n) is 2.34. The Kier molecular flexibility index (Phi) is 6.39. The van der Waals surface area contributed by atoms with Crippen molar-refractivity contribution < 1.29 is 4.79 Å². The lowest BCUT2D eigenvalue weighted by molar-refractivity contribution is -0.119. The van der Waals surface area contributed by atoms with E-state index in [1.165, 1.54) is 11.8 Å². The largest absolute Gasteiger partial charge is 0.368 e. The lowest BCUT2D eigenvalue weighted by Gasteiger charge is -2.26. The second-order valence-electron chi connectivity index (χ2n) is 5.46. The van der Waals surface area contributed by atoms with Gasteiger partial charge in [0.05, 0.1) is 6.04 Å². The minimum Gasteiger partial charge on any atom is -0.368 e. The third-order valence-electron chi connectivity index (χ3n) is 3.83. The summed E-state index contributed by atoms with van der Waals surface area (Å²) in [5.74, 6) is 0.471. The fourth-order valence-corrected chi connectivity index (χ4v) is 3.31. The Morgan fingerprint density at radius 3 is 2.80 bits per heavy atom. The van der Waals surface area contributed by atoms with Crippen LogP contribution in [0, 0.1) is 11.3 Å². The molecule has 6 nitrogen and oxygen atoms in total. The number of hydrogen-bond acceptors (Lipinski definition) is 7. The summed E-state index contributed by atoms with van der Waals surface area (Å²) in [5, 5.41) is 9.96. The zero-order chi connectivity index (χ0) is 18.6. The molecule has 0 aliphatic rings. The maximum atomic E-state index is 12.7. The number of nitrogens with zero attached hydrogens (tertiary/aromatic N) is 4. The van der Waals surface area contributed by atoms with Gasteiger partial charge in [0.2, 0.25) is 5.95 Å².